The van der Waals surface area contributed by atoms with Gasteiger partial charge < -0.3 is 15.3 Å². The molecule has 0 fully saturated rings. The van der Waals surface area contributed by atoms with E-state index >= 15 is 0 Å². The maximum atomic E-state index is 9.86. The minimum absolute atomic E-state index is 0.0709. The molecular formula is C11H15N3O3. The summed E-state index contributed by atoms with van der Waals surface area (Å²) >= 11 is 0. The Kier molecular flexibility index (Phi) is 4.93. The van der Waals surface area contributed by atoms with Crippen molar-refractivity contribution in [3.63, 3.8) is 0 Å². The van der Waals surface area contributed by atoms with Crippen molar-refractivity contribution in [1.29, 1.82) is 0 Å². The van der Waals surface area contributed by atoms with E-state index in [1.165, 1.54) is 0 Å². The van der Waals surface area contributed by atoms with Crippen LogP contribution in [0.5, 0.6) is 0 Å². The average Bonchev–Trinajstić information content (AvgIpc) is 2.34. The first-order valence-electron chi connectivity index (χ1n) is 5.17. The lowest BCUT2D eigenvalue weighted by molar-refractivity contribution is 0.0240. The first-order valence-corrected chi connectivity index (χ1v) is 5.17. The molecule has 6 heteroatoms. The van der Waals surface area contributed by atoms with E-state index in [2.05, 4.69) is 10.0 Å². The van der Waals surface area contributed by atoms with Gasteiger partial charge in [-0.15, -0.1) is 0 Å². The highest BCUT2D eigenvalue weighted by atomic mass is 16.3. The standard InChI is InChI=1S/C11H15N3O3/c1-7-4-8(6-15)2-3-9(7)11(17)10(16)5-13-14-12/h2-4,10-11,15-17H,5-6H2,1H3. The number of aryl methyl sites for hydroxylation is 1. The fraction of sp³-hybridized carbons (Fsp3) is 0.455. The summed E-state index contributed by atoms with van der Waals surface area (Å²) in [6, 6.07) is 5.05. The molecule has 17 heavy (non-hydrogen) atoms. The van der Waals surface area contributed by atoms with Crippen LogP contribution in [0.1, 0.15) is 22.8 Å². The Morgan fingerprint density at radius 1 is 1.41 bits per heavy atom. The molecule has 1 aromatic carbocycles. The second kappa shape index (κ2) is 6.22. The Bertz CT molecular complexity index is 430. The number of aliphatic hydroxyl groups is 3. The van der Waals surface area contributed by atoms with Crippen LogP contribution in [0.2, 0.25) is 0 Å². The van der Waals surface area contributed by atoms with Crippen LogP contribution in [0.4, 0.5) is 0 Å². The van der Waals surface area contributed by atoms with Crippen molar-refractivity contribution < 1.29 is 15.3 Å². The van der Waals surface area contributed by atoms with E-state index in [1.54, 1.807) is 25.1 Å². The summed E-state index contributed by atoms with van der Waals surface area (Å²) in [4.78, 5) is 2.52. The summed E-state index contributed by atoms with van der Waals surface area (Å²) in [7, 11) is 0. The molecule has 0 saturated carbocycles. The molecule has 92 valence electrons. The first kappa shape index (κ1) is 13.5. The van der Waals surface area contributed by atoms with Crippen LogP contribution in [0, 0.1) is 6.92 Å². The van der Waals surface area contributed by atoms with Gasteiger partial charge in [0.1, 0.15) is 6.10 Å². The first-order chi connectivity index (χ1) is 8.10. The normalized spacial score (nSPS) is 13.9. The maximum absolute atomic E-state index is 9.86. The van der Waals surface area contributed by atoms with Gasteiger partial charge in [-0.2, -0.15) is 0 Å². The largest absolute Gasteiger partial charge is 0.392 e. The Balaban J connectivity index is 2.88. The number of hydrogen-bond acceptors (Lipinski definition) is 4. The quantitative estimate of drug-likeness (QED) is 0.406. The predicted molar refractivity (Wildman–Crippen MR) is 62.1 cm³/mol. The monoisotopic (exact) mass is 237 g/mol. The molecule has 0 amide bonds. The highest BCUT2D eigenvalue weighted by Gasteiger charge is 2.19. The van der Waals surface area contributed by atoms with Crippen molar-refractivity contribution in [2.45, 2.75) is 25.7 Å². The topological polar surface area (TPSA) is 109 Å². The Hall–Kier alpha value is -1.59. The van der Waals surface area contributed by atoms with Gasteiger partial charge in [0.15, 0.2) is 0 Å². The fourth-order valence-electron chi connectivity index (χ4n) is 1.60. The molecule has 0 aliphatic heterocycles. The third kappa shape index (κ3) is 3.44. The summed E-state index contributed by atoms with van der Waals surface area (Å²) < 4.78 is 0. The molecule has 2 atom stereocenters. The zero-order valence-corrected chi connectivity index (χ0v) is 9.48. The fourth-order valence-corrected chi connectivity index (χ4v) is 1.60. The number of rotatable bonds is 5. The molecule has 2 unspecified atom stereocenters. The van der Waals surface area contributed by atoms with Crippen molar-refractivity contribution in [1.82, 2.24) is 0 Å². The highest BCUT2D eigenvalue weighted by Crippen LogP contribution is 2.22. The Morgan fingerprint density at radius 2 is 2.12 bits per heavy atom. The van der Waals surface area contributed by atoms with E-state index in [9.17, 15) is 10.2 Å². The number of azide groups is 1. The predicted octanol–water partition coefficient (Wildman–Crippen LogP) is 1.19. The van der Waals surface area contributed by atoms with E-state index in [-0.39, 0.29) is 13.2 Å². The lowest BCUT2D eigenvalue weighted by atomic mass is 9.97. The summed E-state index contributed by atoms with van der Waals surface area (Å²) in [6.45, 7) is 1.52. The van der Waals surface area contributed by atoms with Gasteiger partial charge in [0.25, 0.3) is 0 Å². The maximum Gasteiger partial charge on any atom is 0.105 e. The smallest absolute Gasteiger partial charge is 0.105 e. The van der Waals surface area contributed by atoms with Crippen LogP contribution < -0.4 is 0 Å². The minimum atomic E-state index is -1.13. The molecule has 1 rings (SSSR count). The van der Waals surface area contributed by atoms with E-state index in [4.69, 9.17) is 10.6 Å². The van der Waals surface area contributed by atoms with Gasteiger partial charge in [-0.25, -0.2) is 0 Å². The van der Waals surface area contributed by atoms with Gasteiger partial charge in [0.2, 0.25) is 0 Å². The molecule has 0 heterocycles. The van der Waals surface area contributed by atoms with Crippen LogP contribution in [0.25, 0.3) is 10.4 Å². The zero-order chi connectivity index (χ0) is 12.8. The highest BCUT2D eigenvalue weighted by molar-refractivity contribution is 5.32. The molecule has 6 nitrogen and oxygen atoms in total. The summed E-state index contributed by atoms with van der Waals surface area (Å²) in [5.74, 6) is 0. The molecule has 0 aliphatic carbocycles. The molecule has 0 spiro atoms. The molecule has 0 aromatic heterocycles. The van der Waals surface area contributed by atoms with Crippen LogP contribution in [0.15, 0.2) is 23.3 Å². The van der Waals surface area contributed by atoms with E-state index in [1.807, 2.05) is 0 Å². The summed E-state index contributed by atoms with van der Waals surface area (Å²) in [5.41, 5.74) is 10.2. The number of aliphatic hydroxyl groups excluding tert-OH is 3. The lowest BCUT2D eigenvalue weighted by Gasteiger charge is -2.18. The van der Waals surface area contributed by atoms with Crippen LogP contribution in [-0.4, -0.2) is 28.0 Å². The van der Waals surface area contributed by atoms with Crippen molar-refractivity contribution in [2.24, 2.45) is 5.11 Å². The number of benzene rings is 1. The second-order valence-corrected chi connectivity index (χ2v) is 3.77. The van der Waals surface area contributed by atoms with Crippen LogP contribution in [-0.2, 0) is 6.61 Å². The van der Waals surface area contributed by atoms with Gasteiger partial charge in [0.05, 0.1) is 19.3 Å². The van der Waals surface area contributed by atoms with Crippen LogP contribution >= 0.6 is 0 Å². The summed E-state index contributed by atoms with van der Waals surface area (Å²) in [5, 5.41) is 31.6. The Morgan fingerprint density at radius 3 is 2.65 bits per heavy atom. The molecular weight excluding hydrogens is 222 g/mol. The van der Waals surface area contributed by atoms with E-state index < -0.39 is 12.2 Å². The average molecular weight is 237 g/mol. The van der Waals surface area contributed by atoms with Gasteiger partial charge >= 0.3 is 0 Å². The van der Waals surface area contributed by atoms with Crippen LogP contribution in [0.3, 0.4) is 0 Å². The van der Waals surface area contributed by atoms with E-state index in [0.717, 1.165) is 11.1 Å². The molecule has 3 N–H and O–H groups in total. The van der Waals surface area contributed by atoms with Crippen molar-refractivity contribution >= 4 is 0 Å². The van der Waals surface area contributed by atoms with Gasteiger partial charge in [-0.3, -0.25) is 0 Å². The Labute approximate surface area is 98.8 Å². The second-order valence-electron chi connectivity index (χ2n) is 3.77. The third-order valence-electron chi connectivity index (χ3n) is 2.53. The molecule has 0 radical (unpaired) electrons. The summed E-state index contributed by atoms with van der Waals surface area (Å²) in [6.07, 6.45) is -2.24. The van der Waals surface area contributed by atoms with Gasteiger partial charge in [-0.05, 0) is 29.1 Å². The zero-order valence-electron chi connectivity index (χ0n) is 9.48. The SMILES string of the molecule is Cc1cc(CO)ccc1C(O)C(O)CN=[N+]=[N-]. The van der Waals surface area contributed by atoms with Gasteiger partial charge in [-0.1, -0.05) is 23.3 Å². The molecule has 0 aliphatic rings. The molecule has 0 bridgehead atoms. The molecule has 1 aromatic rings. The van der Waals surface area contributed by atoms with Gasteiger partial charge in [0, 0.05) is 4.91 Å². The lowest BCUT2D eigenvalue weighted by Crippen LogP contribution is -2.21. The van der Waals surface area contributed by atoms with Crippen molar-refractivity contribution in [3.05, 3.63) is 45.3 Å². The van der Waals surface area contributed by atoms with E-state index in [0.29, 0.717) is 5.56 Å². The molecule has 0 saturated heterocycles. The minimum Gasteiger partial charge on any atom is -0.392 e. The van der Waals surface area contributed by atoms with Crippen molar-refractivity contribution in [2.75, 3.05) is 6.54 Å². The number of hydrogen-bond donors (Lipinski definition) is 3. The third-order valence-corrected chi connectivity index (χ3v) is 2.53. The van der Waals surface area contributed by atoms with Crippen molar-refractivity contribution in [3.8, 4) is 0 Å². The number of nitrogens with zero attached hydrogens (tertiary/aromatic N) is 3.